The number of phosphoric ester groups is 1. The lowest BCUT2D eigenvalue weighted by Crippen LogP contribution is -2.16. The molecule has 1 saturated heterocycles. The van der Waals surface area contributed by atoms with E-state index in [9.17, 15) is 13.8 Å². The Labute approximate surface area is 173 Å². The second-order valence-corrected chi connectivity index (χ2v) is 8.88. The number of rotatable bonds is 3. The predicted octanol–water partition coefficient (Wildman–Crippen LogP) is 4.38. The Morgan fingerprint density at radius 3 is 2.96 bits per heavy atom. The molecule has 2 N–H and O–H groups in total. The topological polar surface area (TPSA) is 103 Å². The van der Waals surface area contributed by atoms with Gasteiger partial charge in [0.1, 0.15) is 5.75 Å². The molecule has 0 aliphatic carbocycles. The Kier molecular flexibility index (Phi) is 7.32. The summed E-state index contributed by atoms with van der Waals surface area (Å²) in [5.74, 6) is 0.547. The first-order valence-electron chi connectivity index (χ1n) is 7.97. The number of aromatic amines is 2. The maximum Gasteiger partial charge on any atom is 0.530 e. The number of hydrogen-bond acceptors (Lipinski definition) is 8. The van der Waals surface area contributed by atoms with E-state index in [1.165, 1.54) is 12.0 Å². The molecule has 1 aromatic heterocycles. The van der Waals surface area contributed by atoms with Crippen LogP contribution in [-0.2, 0) is 24.4 Å². The third-order valence-electron chi connectivity index (χ3n) is 3.53. The lowest BCUT2D eigenvalue weighted by atomic mass is 10.2. The van der Waals surface area contributed by atoms with Gasteiger partial charge in [-0.05, 0) is 48.9 Å². The van der Waals surface area contributed by atoms with Crippen molar-refractivity contribution < 1.29 is 26.7 Å². The van der Waals surface area contributed by atoms with Crippen molar-refractivity contribution in [3.63, 3.8) is 0 Å². The summed E-state index contributed by atoms with van der Waals surface area (Å²) in [4.78, 5) is 14.7. The zero-order valence-corrected chi connectivity index (χ0v) is 17.5. The van der Waals surface area contributed by atoms with Crippen LogP contribution in [-0.4, -0.2) is 28.4 Å². The van der Waals surface area contributed by atoms with Gasteiger partial charge < -0.3 is 13.7 Å². The number of aromatic nitrogens is 2. The van der Waals surface area contributed by atoms with Crippen molar-refractivity contribution in [1.82, 2.24) is 9.97 Å². The Hall–Kier alpha value is -1.20. The lowest BCUT2D eigenvalue weighted by molar-refractivity contribution is 0.0954. The SMILES string of the molecule is O=P1(OCC2CCSO2)OCc2cc(Cl)ccc2O1.O=c1[nH]c(=S)[nH]cc1F. The zero-order chi connectivity index (χ0) is 20.1. The minimum absolute atomic E-state index is 0.0605. The van der Waals surface area contributed by atoms with Gasteiger partial charge in [0.25, 0.3) is 5.56 Å². The van der Waals surface area contributed by atoms with Crippen molar-refractivity contribution in [3.8, 4) is 5.75 Å². The molecule has 2 aliphatic rings. The summed E-state index contributed by atoms with van der Waals surface area (Å²) in [6.45, 7) is 0.362. The van der Waals surface area contributed by atoms with Crippen LogP contribution in [0, 0.1) is 10.6 Å². The van der Waals surface area contributed by atoms with Crippen LogP contribution in [0.4, 0.5) is 4.39 Å². The molecule has 0 spiro atoms. The van der Waals surface area contributed by atoms with Gasteiger partial charge in [-0.15, -0.1) is 0 Å². The summed E-state index contributed by atoms with van der Waals surface area (Å²) in [5, 5.41) is 0.583. The van der Waals surface area contributed by atoms with Crippen LogP contribution in [0.5, 0.6) is 5.75 Å². The molecule has 0 bridgehead atoms. The summed E-state index contributed by atoms with van der Waals surface area (Å²) >= 11 is 11.7. The highest BCUT2D eigenvalue weighted by Crippen LogP contribution is 2.55. The van der Waals surface area contributed by atoms with E-state index >= 15 is 0 Å². The number of H-pyrrole nitrogens is 2. The van der Waals surface area contributed by atoms with Crippen LogP contribution in [0.15, 0.2) is 29.2 Å². The Bertz CT molecular complexity index is 997. The summed E-state index contributed by atoms with van der Waals surface area (Å²) < 4.78 is 45.6. The maximum absolute atomic E-state index is 12.3. The van der Waals surface area contributed by atoms with Gasteiger partial charge in [-0.25, -0.2) is 4.57 Å². The molecule has 28 heavy (non-hydrogen) atoms. The smallest absolute Gasteiger partial charge is 0.404 e. The molecule has 8 nitrogen and oxygen atoms in total. The standard InChI is InChI=1S/C11H12ClO5PS.C4H3FN2OS/c12-9-1-2-11-8(5-9)6-14-18(13,16-11)15-7-10-3-4-19-17-10;5-2-1-6-4(9)7-3(2)8/h1-2,5,10H,3-4,6-7H2;1H,(H2,6,7,8,9). The Morgan fingerprint density at radius 2 is 2.29 bits per heavy atom. The second-order valence-electron chi connectivity index (χ2n) is 5.61. The van der Waals surface area contributed by atoms with E-state index in [-0.39, 0.29) is 24.1 Å². The third kappa shape index (κ3) is 5.90. The number of fused-ring (bicyclic) bond motifs is 1. The largest absolute Gasteiger partial charge is 0.530 e. The van der Waals surface area contributed by atoms with Crippen molar-refractivity contribution in [2.45, 2.75) is 19.1 Å². The van der Waals surface area contributed by atoms with E-state index in [2.05, 4.69) is 22.2 Å². The average molecular weight is 469 g/mol. The van der Waals surface area contributed by atoms with Gasteiger partial charge in [-0.3, -0.25) is 18.8 Å². The lowest BCUT2D eigenvalue weighted by Gasteiger charge is -2.25. The van der Waals surface area contributed by atoms with Crippen molar-refractivity contribution in [2.75, 3.05) is 12.4 Å². The molecule has 0 radical (unpaired) electrons. The molecule has 2 unspecified atom stereocenters. The van der Waals surface area contributed by atoms with Gasteiger partial charge in [-0.2, -0.15) is 4.39 Å². The van der Waals surface area contributed by atoms with Crippen LogP contribution in [0.1, 0.15) is 12.0 Å². The minimum Gasteiger partial charge on any atom is -0.404 e. The number of hydrogen-bond donors (Lipinski definition) is 2. The van der Waals surface area contributed by atoms with E-state index in [1.54, 1.807) is 18.2 Å². The highest BCUT2D eigenvalue weighted by atomic mass is 35.5. The van der Waals surface area contributed by atoms with Gasteiger partial charge in [0.2, 0.25) is 5.82 Å². The first-order chi connectivity index (χ1) is 13.3. The molecule has 0 saturated carbocycles. The first kappa shape index (κ1) is 21.5. The zero-order valence-electron chi connectivity index (χ0n) is 14.2. The molecule has 1 aromatic carbocycles. The molecule has 3 heterocycles. The molecule has 0 amide bonds. The van der Waals surface area contributed by atoms with Crippen LogP contribution in [0.2, 0.25) is 5.02 Å². The second kappa shape index (κ2) is 9.53. The Balaban J connectivity index is 0.000000211. The van der Waals surface area contributed by atoms with Gasteiger partial charge in [0.05, 0.1) is 19.3 Å². The molecule has 2 atom stereocenters. The van der Waals surface area contributed by atoms with Crippen LogP contribution >= 0.6 is 43.7 Å². The minimum atomic E-state index is -3.55. The normalized spacial score (nSPS) is 23.3. The van der Waals surface area contributed by atoms with Crippen LogP contribution in [0.25, 0.3) is 0 Å². The van der Waals surface area contributed by atoms with Gasteiger partial charge in [-0.1, -0.05) is 11.6 Å². The number of halogens is 2. The molecule has 4 rings (SSSR count). The fraction of sp³-hybridized carbons (Fsp3) is 0.333. The molecule has 2 aliphatic heterocycles. The molecule has 152 valence electrons. The van der Waals surface area contributed by atoms with Crippen molar-refractivity contribution >= 4 is 43.7 Å². The van der Waals surface area contributed by atoms with Crippen LogP contribution in [0.3, 0.4) is 0 Å². The number of phosphoric acid groups is 1. The van der Waals surface area contributed by atoms with Crippen molar-refractivity contribution in [1.29, 1.82) is 0 Å². The summed E-state index contributed by atoms with van der Waals surface area (Å²) in [6.07, 6.45) is 1.73. The quantitative estimate of drug-likeness (QED) is 0.388. The fourth-order valence-electron chi connectivity index (χ4n) is 2.16. The average Bonchev–Trinajstić information content (AvgIpc) is 3.18. The summed E-state index contributed by atoms with van der Waals surface area (Å²) in [7, 11) is -3.55. The van der Waals surface area contributed by atoms with Gasteiger partial charge >= 0.3 is 7.82 Å². The van der Waals surface area contributed by atoms with E-state index in [0.29, 0.717) is 10.8 Å². The molecule has 2 aromatic rings. The maximum atomic E-state index is 12.3. The van der Waals surface area contributed by atoms with Gasteiger partial charge in [0.15, 0.2) is 4.77 Å². The van der Waals surface area contributed by atoms with E-state index in [0.717, 1.165) is 23.9 Å². The molecular formula is C15H15ClFN2O6PS2. The summed E-state index contributed by atoms with van der Waals surface area (Å²) in [5.41, 5.74) is -0.0333. The van der Waals surface area contributed by atoms with Crippen molar-refractivity contribution in [2.24, 2.45) is 0 Å². The van der Waals surface area contributed by atoms with E-state index in [1.807, 2.05) is 0 Å². The highest BCUT2D eigenvalue weighted by Gasteiger charge is 2.35. The highest BCUT2D eigenvalue weighted by molar-refractivity contribution is 7.94. The molecular weight excluding hydrogens is 454 g/mol. The van der Waals surface area contributed by atoms with Crippen molar-refractivity contribution in [3.05, 3.63) is 55.9 Å². The van der Waals surface area contributed by atoms with E-state index in [4.69, 9.17) is 29.4 Å². The third-order valence-corrected chi connectivity index (χ3v) is 6.13. The van der Waals surface area contributed by atoms with Gasteiger partial charge in [0, 0.05) is 22.5 Å². The predicted molar refractivity (Wildman–Crippen MR) is 105 cm³/mol. The number of benzene rings is 1. The Morgan fingerprint density at radius 1 is 1.46 bits per heavy atom. The summed E-state index contributed by atoms with van der Waals surface area (Å²) in [6, 6.07) is 5.06. The monoisotopic (exact) mass is 468 g/mol. The molecule has 13 heteroatoms. The molecule has 1 fully saturated rings. The van der Waals surface area contributed by atoms with Crippen LogP contribution < -0.4 is 10.1 Å². The fourth-order valence-corrected chi connectivity index (χ4v) is 4.55. The first-order valence-corrected chi connectivity index (χ1v) is 11.1. The van der Waals surface area contributed by atoms with E-state index < -0.39 is 19.2 Å². The number of nitrogens with one attached hydrogen (secondary N) is 2.